The van der Waals surface area contributed by atoms with Crippen LogP contribution >= 0.6 is 0 Å². The number of hydrogen-bond donors (Lipinski definition) is 0. The molecule has 0 fully saturated rings. The van der Waals surface area contributed by atoms with E-state index in [0.717, 1.165) is 31.3 Å². The van der Waals surface area contributed by atoms with E-state index in [1.807, 2.05) is 27.8 Å². The van der Waals surface area contributed by atoms with Crippen molar-refractivity contribution in [2.24, 2.45) is 0 Å². The van der Waals surface area contributed by atoms with Crippen molar-refractivity contribution in [1.29, 1.82) is 0 Å². The average Bonchev–Trinajstić information content (AvgIpc) is 3.29. The van der Waals surface area contributed by atoms with Gasteiger partial charge >= 0.3 is 0 Å². The van der Waals surface area contributed by atoms with Crippen LogP contribution in [0.25, 0.3) is 22.5 Å². The Labute approximate surface area is 153 Å². The fourth-order valence-corrected chi connectivity index (χ4v) is 3.15. The summed E-state index contributed by atoms with van der Waals surface area (Å²) in [4.78, 5) is 19.9. The maximum Gasteiger partial charge on any atom is 0.254 e. The van der Waals surface area contributed by atoms with Crippen LogP contribution in [0.15, 0.2) is 35.1 Å². The van der Waals surface area contributed by atoms with Crippen LogP contribution in [0.5, 0.6) is 0 Å². The van der Waals surface area contributed by atoms with Gasteiger partial charge < -0.3 is 9.32 Å². The number of fused-ring (bicyclic) bond motifs is 1. The Bertz CT molecular complexity index is 875. The van der Waals surface area contributed by atoms with E-state index in [2.05, 4.69) is 32.8 Å². The average molecular weight is 354 g/mol. The molecule has 138 valence electrons. The van der Waals surface area contributed by atoms with E-state index in [9.17, 15) is 4.79 Å². The predicted molar refractivity (Wildman–Crippen MR) is 102 cm³/mol. The summed E-state index contributed by atoms with van der Waals surface area (Å²) in [5.74, 6) is 0.673. The third kappa shape index (κ3) is 3.36. The van der Waals surface area contributed by atoms with Gasteiger partial charge in [-0.2, -0.15) is 5.10 Å². The highest BCUT2D eigenvalue weighted by Gasteiger charge is 2.22. The molecule has 3 rings (SSSR count). The molecular formula is C20H26N4O2. The number of aromatic nitrogens is 3. The first-order valence-corrected chi connectivity index (χ1v) is 9.28. The Hall–Kier alpha value is -2.63. The molecule has 6 heteroatoms. The molecule has 6 nitrogen and oxygen atoms in total. The van der Waals surface area contributed by atoms with E-state index >= 15 is 0 Å². The zero-order valence-electron chi connectivity index (χ0n) is 15.9. The van der Waals surface area contributed by atoms with E-state index in [0.29, 0.717) is 22.7 Å². The normalized spacial score (nSPS) is 11.4. The Morgan fingerprint density at radius 1 is 1.27 bits per heavy atom. The van der Waals surface area contributed by atoms with Crippen molar-refractivity contribution in [1.82, 2.24) is 19.7 Å². The topological polar surface area (TPSA) is 64.2 Å². The lowest BCUT2D eigenvalue weighted by molar-refractivity contribution is 0.0757. The van der Waals surface area contributed by atoms with Crippen molar-refractivity contribution in [2.75, 3.05) is 13.1 Å². The van der Waals surface area contributed by atoms with Crippen LogP contribution in [0.4, 0.5) is 0 Å². The number of carbonyl (C=O) groups excluding carboxylic acids is 1. The second-order valence-corrected chi connectivity index (χ2v) is 6.74. The second kappa shape index (κ2) is 7.72. The van der Waals surface area contributed by atoms with Gasteiger partial charge in [0.15, 0.2) is 11.4 Å². The summed E-state index contributed by atoms with van der Waals surface area (Å²) >= 11 is 0. The molecule has 0 N–H and O–H groups in total. The Balaban J connectivity index is 2.18. The lowest BCUT2D eigenvalue weighted by Gasteiger charge is -2.22. The minimum absolute atomic E-state index is 0.0252. The maximum atomic E-state index is 13.3. The Kier molecular flexibility index (Phi) is 5.40. The van der Waals surface area contributed by atoms with Crippen molar-refractivity contribution < 1.29 is 9.21 Å². The molecule has 26 heavy (non-hydrogen) atoms. The standard InChI is InChI=1S/C20H26N4O2/c1-5-9-23(10-6-2)20(25)15-12-17(18-8-7-11-26-18)22-19-16(15)13-21-24(19)14(3)4/h7-8,11-14H,5-6,9-10H2,1-4H3. The van der Waals surface area contributed by atoms with Crippen LogP contribution in [0.3, 0.4) is 0 Å². The number of rotatable bonds is 7. The number of hydrogen-bond acceptors (Lipinski definition) is 4. The molecule has 0 bridgehead atoms. The molecule has 1 amide bonds. The molecule has 0 aliphatic rings. The van der Waals surface area contributed by atoms with Crippen molar-refractivity contribution >= 4 is 16.9 Å². The van der Waals surface area contributed by atoms with Gasteiger partial charge in [0.25, 0.3) is 5.91 Å². The Morgan fingerprint density at radius 2 is 2.00 bits per heavy atom. The van der Waals surface area contributed by atoms with Crippen molar-refractivity contribution in [2.45, 2.75) is 46.6 Å². The van der Waals surface area contributed by atoms with E-state index in [-0.39, 0.29) is 11.9 Å². The van der Waals surface area contributed by atoms with Crippen LogP contribution in [0.1, 0.15) is 56.9 Å². The second-order valence-electron chi connectivity index (χ2n) is 6.74. The molecule has 3 aromatic rings. The highest BCUT2D eigenvalue weighted by atomic mass is 16.3. The molecule has 0 saturated carbocycles. The highest BCUT2D eigenvalue weighted by Crippen LogP contribution is 2.27. The molecule has 0 aliphatic heterocycles. The minimum Gasteiger partial charge on any atom is -0.463 e. The predicted octanol–water partition coefficient (Wildman–Crippen LogP) is 4.53. The quantitative estimate of drug-likeness (QED) is 0.625. The fourth-order valence-electron chi connectivity index (χ4n) is 3.15. The highest BCUT2D eigenvalue weighted by molar-refractivity contribution is 6.06. The zero-order chi connectivity index (χ0) is 18.7. The summed E-state index contributed by atoms with van der Waals surface area (Å²) in [6, 6.07) is 5.66. The maximum absolute atomic E-state index is 13.3. The summed E-state index contributed by atoms with van der Waals surface area (Å²) in [6.45, 7) is 9.76. The summed E-state index contributed by atoms with van der Waals surface area (Å²) in [6.07, 6.45) is 5.22. The van der Waals surface area contributed by atoms with Gasteiger partial charge in [-0.3, -0.25) is 4.79 Å². The molecular weight excluding hydrogens is 328 g/mol. The number of carbonyl (C=O) groups is 1. The van der Waals surface area contributed by atoms with Crippen LogP contribution in [-0.2, 0) is 0 Å². The van der Waals surface area contributed by atoms with Crippen molar-refractivity contribution in [3.8, 4) is 11.5 Å². The SMILES string of the molecule is CCCN(CCC)C(=O)c1cc(-c2ccco2)nc2c1cnn2C(C)C. The first kappa shape index (κ1) is 18.2. The monoisotopic (exact) mass is 354 g/mol. The smallest absolute Gasteiger partial charge is 0.254 e. The van der Waals surface area contributed by atoms with Gasteiger partial charge in [0.2, 0.25) is 0 Å². The van der Waals surface area contributed by atoms with Crippen LogP contribution in [0, 0.1) is 0 Å². The Morgan fingerprint density at radius 3 is 2.58 bits per heavy atom. The van der Waals surface area contributed by atoms with Gasteiger partial charge in [-0.1, -0.05) is 13.8 Å². The summed E-state index contributed by atoms with van der Waals surface area (Å²) in [5.41, 5.74) is 2.00. The molecule has 0 saturated heterocycles. The lowest BCUT2D eigenvalue weighted by atomic mass is 10.1. The van der Waals surface area contributed by atoms with Crippen LogP contribution in [0.2, 0.25) is 0 Å². The number of furan rings is 1. The van der Waals surface area contributed by atoms with Crippen molar-refractivity contribution in [3.63, 3.8) is 0 Å². The number of pyridine rings is 1. The molecule has 0 aliphatic carbocycles. The molecule has 0 atom stereocenters. The summed E-state index contributed by atoms with van der Waals surface area (Å²) < 4.78 is 7.37. The molecule has 0 radical (unpaired) electrons. The van der Waals surface area contributed by atoms with Crippen LogP contribution < -0.4 is 0 Å². The zero-order valence-corrected chi connectivity index (χ0v) is 15.9. The molecule has 0 spiro atoms. The van der Waals surface area contributed by atoms with Gasteiger partial charge in [-0.05, 0) is 44.9 Å². The fraction of sp³-hybridized carbons (Fsp3) is 0.450. The van der Waals surface area contributed by atoms with E-state index in [4.69, 9.17) is 9.40 Å². The number of amides is 1. The third-order valence-corrected chi connectivity index (χ3v) is 4.33. The number of nitrogens with zero attached hydrogens (tertiary/aromatic N) is 4. The summed E-state index contributed by atoms with van der Waals surface area (Å²) in [5, 5.41) is 5.25. The van der Waals surface area contributed by atoms with E-state index in [1.165, 1.54) is 0 Å². The first-order chi connectivity index (χ1) is 12.6. The van der Waals surface area contributed by atoms with Gasteiger partial charge in [-0.15, -0.1) is 0 Å². The van der Waals surface area contributed by atoms with Gasteiger partial charge in [-0.25, -0.2) is 9.67 Å². The minimum atomic E-state index is 0.0252. The van der Waals surface area contributed by atoms with E-state index < -0.39 is 0 Å². The molecule has 3 heterocycles. The van der Waals surface area contributed by atoms with Gasteiger partial charge in [0.1, 0.15) is 5.69 Å². The largest absolute Gasteiger partial charge is 0.463 e. The third-order valence-electron chi connectivity index (χ3n) is 4.33. The van der Waals surface area contributed by atoms with Gasteiger partial charge in [0.05, 0.1) is 23.4 Å². The lowest BCUT2D eigenvalue weighted by Crippen LogP contribution is -2.32. The van der Waals surface area contributed by atoms with Gasteiger partial charge in [0, 0.05) is 19.1 Å². The first-order valence-electron chi connectivity index (χ1n) is 9.28. The van der Waals surface area contributed by atoms with Crippen LogP contribution in [-0.4, -0.2) is 38.7 Å². The molecule has 0 unspecified atom stereocenters. The summed E-state index contributed by atoms with van der Waals surface area (Å²) in [7, 11) is 0. The van der Waals surface area contributed by atoms with E-state index in [1.54, 1.807) is 12.5 Å². The van der Waals surface area contributed by atoms with Crippen molar-refractivity contribution in [3.05, 3.63) is 36.2 Å². The molecule has 3 aromatic heterocycles. The molecule has 0 aromatic carbocycles.